The van der Waals surface area contributed by atoms with Gasteiger partial charge in [0.15, 0.2) is 0 Å². The summed E-state index contributed by atoms with van der Waals surface area (Å²) >= 11 is 0. The molecule has 0 heterocycles. The molecule has 0 aromatic heterocycles. The van der Waals surface area contributed by atoms with E-state index in [0.29, 0.717) is 19.5 Å². The molecule has 0 aliphatic heterocycles. The average molecular weight is 251 g/mol. The summed E-state index contributed by atoms with van der Waals surface area (Å²) < 4.78 is 21.2. The van der Waals surface area contributed by atoms with E-state index in [-0.39, 0.29) is 23.5 Å². The zero-order valence-electron chi connectivity index (χ0n) is 9.77. The topological polar surface area (TPSA) is 115 Å². The zero-order valence-corrected chi connectivity index (χ0v) is 10.6. The lowest BCUT2D eigenvalue weighted by atomic mass is 9.95. The van der Waals surface area contributed by atoms with Gasteiger partial charge in [0, 0.05) is 13.1 Å². The van der Waals surface area contributed by atoms with E-state index in [1.54, 1.807) is 0 Å². The van der Waals surface area contributed by atoms with Gasteiger partial charge in [0.05, 0.1) is 11.7 Å². The molecule has 0 rings (SSSR count). The fourth-order valence-corrected chi connectivity index (χ4v) is 1.84. The molecule has 0 saturated heterocycles. The van der Waals surface area contributed by atoms with Gasteiger partial charge in [-0.05, 0) is 12.3 Å². The SMILES string of the molecule is CC(C)C(CN)C(=O)NCCCS(N)(=O)=O. The quantitative estimate of drug-likeness (QED) is 0.504. The molecule has 16 heavy (non-hydrogen) atoms. The Morgan fingerprint density at radius 2 is 1.94 bits per heavy atom. The number of nitrogens with one attached hydrogen (secondary N) is 1. The van der Waals surface area contributed by atoms with Crippen LogP contribution in [0.5, 0.6) is 0 Å². The van der Waals surface area contributed by atoms with E-state index < -0.39 is 10.0 Å². The number of amides is 1. The van der Waals surface area contributed by atoms with Crippen molar-refractivity contribution in [2.45, 2.75) is 20.3 Å². The predicted molar refractivity (Wildman–Crippen MR) is 63.0 cm³/mol. The number of carbonyl (C=O) groups excluding carboxylic acids is 1. The van der Waals surface area contributed by atoms with Crippen molar-refractivity contribution in [3.05, 3.63) is 0 Å². The van der Waals surface area contributed by atoms with Crippen LogP contribution in [-0.4, -0.2) is 33.2 Å². The number of rotatable bonds is 7. The van der Waals surface area contributed by atoms with E-state index in [1.165, 1.54) is 0 Å². The molecule has 5 N–H and O–H groups in total. The highest BCUT2D eigenvalue weighted by Crippen LogP contribution is 2.08. The molecule has 96 valence electrons. The van der Waals surface area contributed by atoms with Crippen LogP contribution >= 0.6 is 0 Å². The van der Waals surface area contributed by atoms with E-state index in [0.717, 1.165) is 0 Å². The first-order valence-electron chi connectivity index (χ1n) is 5.26. The van der Waals surface area contributed by atoms with Crippen molar-refractivity contribution < 1.29 is 13.2 Å². The fourth-order valence-electron chi connectivity index (χ4n) is 1.30. The zero-order chi connectivity index (χ0) is 12.8. The summed E-state index contributed by atoms with van der Waals surface area (Å²) in [5.74, 6) is -0.313. The number of carbonyl (C=O) groups is 1. The highest BCUT2D eigenvalue weighted by atomic mass is 32.2. The number of nitrogens with two attached hydrogens (primary N) is 2. The highest BCUT2D eigenvalue weighted by molar-refractivity contribution is 7.89. The van der Waals surface area contributed by atoms with Gasteiger partial charge in [-0.1, -0.05) is 13.8 Å². The molecule has 1 amide bonds. The van der Waals surface area contributed by atoms with Crippen molar-refractivity contribution >= 4 is 15.9 Å². The molecule has 0 fully saturated rings. The summed E-state index contributed by atoms with van der Waals surface area (Å²) in [4.78, 5) is 11.6. The van der Waals surface area contributed by atoms with E-state index in [9.17, 15) is 13.2 Å². The molecular formula is C9H21N3O3S. The van der Waals surface area contributed by atoms with Crippen LogP contribution in [0.1, 0.15) is 20.3 Å². The molecule has 0 spiro atoms. The number of hydrogen-bond acceptors (Lipinski definition) is 4. The van der Waals surface area contributed by atoms with E-state index in [1.807, 2.05) is 13.8 Å². The largest absolute Gasteiger partial charge is 0.356 e. The van der Waals surface area contributed by atoms with Gasteiger partial charge in [-0.3, -0.25) is 4.79 Å². The maximum atomic E-state index is 11.6. The molecule has 1 atom stereocenters. The minimum atomic E-state index is -3.44. The van der Waals surface area contributed by atoms with Crippen LogP contribution in [0.3, 0.4) is 0 Å². The van der Waals surface area contributed by atoms with Crippen LogP contribution in [0.15, 0.2) is 0 Å². The van der Waals surface area contributed by atoms with Gasteiger partial charge in [0.25, 0.3) is 0 Å². The lowest BCUT2D eigenvalue weighted by molar-refractivity contribution is -0.125. The van der Waals surface area contributed by atoms with Crippen LogP contribution in [0.2, 0.25) is 0 Å². The molecule has 0 aromatic carbocycles. The maximum Gasteiger partial charge on any atom is 0.224 e. The summed E-state index contributed by atoms with van der Waals surface area (Å²) in [6, 6.07) is 0. The van der Waals surface area contributed by atoms with Gasteiger partial charge in [0.1, 0.15) is 0 Å². The summed E-state index contributed by atoms with van der Waals surface area (Å²) in [6.45, 7) is 4.43. The predicted octanol–water partition coefficient (Wildman–Crippen LogP) is -0.988. The number of sulfonamides is 1. The summed E-state index contributed by atoms with van der Waals surface area (Å²) in [7, 11) is -3.44. The van der Waals surface area contributed by atoms with Gasteiger partial charge in [-0.2, -0.15) is 0 Å². The van der Waals surface area contributed by atoms with Gasteiger partial charge in [-0.15, -0.1) is 0 Å². The molecule has 1 unspecified atom stereocenters. The standard InChI is InChI=1S/C9H21N3O3S/c1-7(2)8(6-10)9(13)12-4-3-5-16(11,14)15/h7-8H,3-6,10H2,1-2H3,(H,12,13)(H2,11,14,15). The van der Waals surface area contributed by atoms with Gasteiger partial charge >= 0.3 is 0 Å². The Balaban J connectivity index is 3.89. The van der Waals surface area contributed by atoms with Crippen LogP contribution in [0, 0.1) is 11.8 Å². The molecule has 0 bridgehead atoms. The third-order valence-electron chi connectivity index (χ3n) is 2.30. The van der Waals surface area contributed by atoms with Crippen LogP contribution in [0.4, 0.5) is 0 Å². The van der Waals surface area contributed by atoms with Crippen LogP contribution < -0.4 is 16.2 Å². The van der Waals surface area contributed by atoms with Crippen molar-refractivity contribution in [2.24, 2.45) is 22.7 Å². The Morgan fingerprint density at radius 3 is 2.31 bits per heavy atom. The minimum Gasteiger partial charge on any atom is -0.356 e. The lowest BCUT2D eigenvalue weighted by Gasteiger charge is -2.17. The Labute approximate surface area is 96.8 Å². The smallest absolute Gasteiger partial charge is 0.224 e. The first-order valence-corrected chi connectivity index (χ1v) is 6.97. The molecule has 0 aliphatic rings. The third kappa shape index (κ3) is 6.76. The van der Waals surface area contributed by atoms with Gasteiger partial charge in [0.2, 0.25) is 15.9 Å². The van der Waals surface area contributed by atoms with Crippen LogP contribution in [-0.2, 0) is 14.8 Å². The Kier molecular flexibility index (Phi) is 6.54. The maximum absolute atomic E-state index is 11.6. The highest BCUT2D eigenvalue weighted by Gasteiger charge is 2.19. The third-order valence-corrected chi connectivity index (χ3v) is 3.16. The monoisotopic (exact) mass is 251 g/mol. The number of hydrogen-bond donors (Lipinski definition) is 3. The number of primary sulfonamides is 1. The van der Waals surface area contributed by atoms with Gasteiger partial charge < -0.3 is 11.1 Å². The van der Waals surface area contributed by atoms with E-state index >= 15 is 0 Å². The molecule has 0 aliphatic carbocycles. The van der Waals surface area contributed by atoms with Crippen molar-refractivity contribution in [3.63, 3.8) is 0 Å². The second kappa shape index (κ2) is 6.82. The van der Waals surface area contributed by atoms with Crippen molar-refractivity contribution in [2.75, 3.05) is 18.8 Å². The van der Waals surface area contributed by atoms with E-state index in [4.69, 9.17) is 10.9 Å². The van der Waals surface area contributed by atoms with E-state index in [2.05, 4.69) is 5.32 Å². The molecule has 0 aromatic rings. The molecule has 0 radical (unpaired) electrons. The summed E-state index contributed by atoms with van der Waals surface area (Å²) in [5, 5.41) is 7.47. The average Bonchev–Trinajstić information content (AvgIpc) is 2.11. The summed E-state index contributed by atoms with van der Waals surface area (Å²) in [6.07, 6.45) is 0.319. The normalized spacial score (nSPS) is 13.8. The van der Waals surface area contributed by atoms with Gasteiger partial charge in [-0.25, -0.2) is 13.6 Å². The van der Waals surface area contributed by atoms with Crippen LogP contribution in [0.25, 0.3) is 0 Å². The van der Waals surface area contributed by atoms with Crippen molar-refractivity contribution in [1.82, 2.24) is 5.32 Å². The first kappa shape index (κ1) is 15.3. The first-order chi connectivity index (χ1) is 7.28. The Hall–Kier alpha value is -0.660. The second-order valence-corrected chi connectivity index (χ2v) is 5.83. The molecule has 0 saturated carbocycles. The minimum absolute atomic E-state index is 0.123. The summed E-state index contributed by atoms with van der Waals surface area (Å²) in [5.41, 5.74) is 5.47. The second-order valence-electron chi connectivity index (χ2n) is 4.10. The fraction of sp³-hybridized carbons (Fsp3) is 0.889. The Morgan fingerprint density at radius 1 is 1.38 bits per heavy atom. The Bertz CT molecular complexity index is 314. The van der Waals surface area contributed by atoms with Crippen molar-refractivity contribution in [1.29, 1.82) is 0 Å². The lowest BCUT2D eigenvalue weighted by Crippen LogP contribution is -2.38. The molecule has 6 nitrogen and oxygen atoms in total. The van der Waals surface area contributed by atoms with Crippen molar-refractivity contribution in [3.8, 4) is 0 Å². The molecule has 7 heteroatoms. The molecular weight excluding hydrogens is 230 g/mol.